The fourth-order valence-corrected chi connectivity index (χ4v) is 4.27. The van der Waals surface area contributed by atoms with Gasteiger partial charge in [0.25, 0.3) is 0 Å². The molecule has 1 aromatic heterocycles. The van der Waals surface area contributed by atoms with Gasteiger partial charge in [0.15, 0.2) is 5.96 Å². The minimum Gasteiger partial charge on any atom is -0.367 e. The maximum Gasteiger partial charge on any atom is 0.225 e. The van der Waals surface area contributed by atoms with Crippen molar-refractivity contribution in [2.45, 2.75) is 19.1 Å². The highest BCUT2D eigenvalue weighted by atomic mass is 127. The van der Waals surface area contributed by atoms with Gasteiger partial charge >= 0.3 is 0 Å². The van der Waals surface area contributed by atoms with Gasteiger partial charge in [0.2, 0.25) is 5.95 Å². The van der Waals surface area contributed by atoms with E-state index < -0.39 is 0 Å². The number of aliphatic imine (C=N–C) groups is 1. The van der Waals surface area contributed by atoms with Gasteiger partial charge in [-0.15, -0.1) is 24.0 Å². The quantitative estimate of drug-likeness (QED) is 0.337. The molecule has 2 saturated heterocycles. The Morgan fingerprint density at radius 1 is 1.12 bits per heavy atom. The molecule has 2 aliphatic heterocycles. The van der Waals surface area contributed by atoms with Gasteiger partial charge in [0.1, 0.15) is 11.9 Å². The van der Waals surface area contributed by atoms with E-state index in [1.165, 1.54) is 12.1 Å². The van der Waals surface area contributed by atoms with Crippen molar-refractivity contribution in [1.82, 2.24) is 25.1 Å². The van der Waals surface area contributed by atoms with Gasteiger partial charge in [-0.2, -0.15) is 0 Å². The Balaban J connectivity index is 0.00000306. The molecule has 0 radical (unpaired) electrons. The third-order valence-corrected chi connectivity index (χ3v) is 5.93. The molecule has 2 unspecified atom stereocenters. The number of anilines is 1. The van der Waals surface area contributed by atoms with E-state index in [1.54, 1.807) is 24.5 Å². The number of hydrogen-bond donors (Lipinski definition) is 1. The van der Waals surface area contributed by atoms with Crippen LogP contribution in [-0.4, -0.2) is 91.2 Å². The number of nitrogens with zero attached hydrogens (tertiary/aromatic N) is 6. The Hall–Kier alpha value is -2.05. The second-order valence-electron chi connectivity index (χ2n) is 8.24. The van der Waals surface area contributed by atoms with Crippen molar-refractivity contribution < 1.29 is 9.13 Å². The Labute approximate surface area is 212 Å². The van der Waals surface area contributed by atoms with Crippen LogP contribution in [0.1, 0.15) is 18.6 Å². The molecule has 8 nitrogen and oxygen atoms in total. The van der Waals surface area contributed by atoms with Crippen molar-refractivity contribution in [3.63, 3.8) is 0 Å². The lowest BCUT2D eigenvalue weighted by Crippen LogP contribution is -2.53. The maximum atomic E-state index is 13.3. The molecule has 0 bridgehead atoms. The van der Waals surface area contributed by atoms with Crippen LogP contribution in [-0.2, 0) is 4.74 Å². The monoisotopic (exact) mass is 569 g/mol. The van der Waals surface area contributed by atoms with Crippen LogP contribution in [0.25, 0.3) is 0 Å². The van der Waals surface area contributed by atoms with Crippen LogP contribution in [0.5, 0.6) is 0 Å². The Kier molecular flexibility index (Phi) is 9.63. The van der Waals surface area contributed by atoms with E-state index in [1.807, 2.05) is 13.1 Å². The summed E-state index contributed by atoms with van der Waals surface area (Å²) in [7, 11) is 1.81. The molecule has 0 spiro atoms. The summed E-state index contributed by atoms with van der Waals surface area (Å²) in [4.78, 5) is 20.1. The normalized spacial score (nSPS) is 22.1. The lowest BCUT2D eigenvalue weighted by atomic mass is 10.1. The van der Waals surface area contributed by atoms with E-state index >= 15 is 0 Å². The van der Waals surface area contributed by atoms with Gasteiger partial charge in [-0.3, -0.25) is 9.89 Å². The molecule has 3 heterocycles. The van der Waals surface area contributed by atoms with E-state index in [0.29, 0.717) is 6.54 Å². The third-order valence-electron chi connectivity index (χ3n) is 5.93. The summed E-state index contributed by atoms with van der Waals surface area (Å²) in [5.41, 5.74) is 0.985. The Bertz CT molecular complexity index is 878. The van der Waals surface area contributed by atoms with Crippen LogP contribution in [0.2, 0.25) is 0 Å². The smallest absolute Gasteiger partial charge is 0.225 e. The fourth-order valence-electron chi connectivity index (χ4n) is 4.27. The zero-order valence-corrected chi connectivity index (χ0v) is 21.6. The van der Waals surface area contributed by atoms with Gasteiger partial charge in [-0.05, 0) is 30.7 Å². The summed E-state index contributed by atoms with van der Waals surface area (Å²) in [6.07, 6.45) is 3.53. The summed E-state index contributed by atoms with van der Waals surface area (Å²) in [6.45, 7) is 9.12. The molecule has 1 aromatic carbocycles. The van der Waals surface area contributed by atoms with Crippen molar-refractivity contribution >= 4 is 35.9 Å². The molecule has 4 rings (SSSR count). The molecular weight excluding hydrogens is 536 g/mol. The third kappa shape index (κ3) is 6.97. The van der Waals surface area contributed by atoms with Crippen LogP contribution < -0.4 is 10.2 Å². The largest absolute Gasteiger partial charge is 0.367 e. The zero-order valence-electron chi connectivity index (χ0n) is 19.2. The Morgan fingerprint density at radius 2 is 1.82 bits per heavy atom. The predicted octanol–water partition coefficient (Wildman–Crippen LogP) is 2.39. The lowest BCUT2D eigenvalue weighted by molar-refractivity contribution is -0.0605. The second-order valence-corrected chi connectivity index (χ2v) is 8.24. The standard InChI is InChI=1S/C23H32FN7O.HI/c1-18-16-31(17-21(32-18)19-4-6-20(24)7-5-19)22(25-2)28-10-11-29-12-14-30(15-13-29)23-26-8-3-9-27-23;/h3-9,18,21H,10-17H2,1-2H3,(H,25,28);1H. The lowest BCUT2D eigenvalue weighted by Gasteiger charge is -2.39. The van der Waals surface area contributed by atoms with Crippen LogP contribution >= 0.6 is 24.0 Å². The average Bonchev–Trinajstić information content (AvgIpc) is 2.83. The molecule has 180 valence electrons. The number of hydrogen-bond acceptors (Lipinski definition) is 6. The van der Waals surface area contributed by atoms with Crippen LogP contribution in [0.3, 0.4) is 0 Å². The van der Waals surface area contributed by atoms with Gasteiger partial charge in [0, 0.05) is 65.3 Å². The van der Waals surface area contributed by atoms with Crippen molar-refractivity contribution in [1.29, 1.82) is 0 Å². The van der Waals surface area contributed by atoms with Crippen molar-refractivity contribution in [2.24, 2.45) is 4.99 Å². The fraction of sp³-hybridized carbons (Fsp3) is 0.522. The number of benzene rings is 1. The van der Waals surface area contributed by atoms with E-state index in [-0.39, 0.29) is 42.0 Å². The highest BCUT2D eigenvalue weighted by Crippen LogP contribution is 2.25. The maximum absolute atomic E-state index is 13.3. The number of halogens is 2. The molecule has 0 aliphatic carbocycles. The van der Waals surface area contributed by atoms with E-state index in [9.17, 15) is 4.39 Å². The highest BCUT2D eigenvalue weighted by Gasteiger charge is 2.28. The molecular formula is C23H33FIN7O. The van der Waals surface area contributed by atoms with Crippen LogP contribution in [0.4, 0.5) is 10.3 Å². The number of piperazine rings is 1. The molecule has 2 aromatic rings. The van der Waals surface area contributed by atoms with Crippen molar-refractivity contribution in [3.05, 3.63) is 54.1 Å². The highest BCUT2D eigenvalue weighted by molar-refractivity contribution is 14.0. The molecule has 2 fully saturated rings. The summed E-state index contributed by atoms with van der Waals surface area (Å²) >= 11 is 0. The number of aromatic nitrogens is 2. The molecule has 2 aliphatic rings. The number of ether oxygens (including phenoxy) is 1. The minimum atomic E-state index is -0.232. The number of guanidine groups is 1. The average molecular weight is 569 g/mol. The van der Waals surface area contributed by atoms with Gasteiger partial charge in [-0.1, -0.05) is 12.1 Å². The van der Waals surface area contributed by atoms with Gasteiger partial charge in [-0.25, -0.2) is 14.4 Å². The van der Waals surface area contributed by atoms with Crippen molar-refractivity contribution in [3.8, 4) is 0 Å². The Morgan fingerprint density at radius 3 is 2.48 bits per heavy atom. The zero-order chi connectivity index (χ0) is 22.3. The molecule has 10 heteroatoms. The van der Waals surface area contributed by atoms with Crippen LogP contribution in [0.15, 0.2) is 47.7 Å². The minimum absolute atomic E-state index is 0. The first-order valence-electron chi connectivity index (χ1n) is 11.2. The molecule has 1 N–H and O–H groups in total. The second kappa shape index (κ2) is 12.4. The van der Waals surface area contributed by atoms with Gasteiger partial charge < -0.3 is 19.9 Å². The van der Waals surface area contributed by atoms with E-state index in [2.05, 4.69) is 41.9 Å². The summed E-state index contributed by atoms with van der Waals surface area (Å²) < 4.78 is 19.4. The summed E-state index contributed by atoms with van der Waals surface area (Å²) in [5, 5.41) is 3.51. The molecule has 0 saturated carbocycles. The van der Waals surface area contributed by atoms with E-state index in [4.69, 9.17) is 4.74 Å². The number of nitrogens with one attached hydrogen (secondary N) is 1. The first kappa shape index (κ1) is 25.6. The number of morpholine rings is 1. The van der Waals surface area contributed by atoms with E-state index in [0.717, 1.165) is 63.3 Å². The topological polar surface area (TPSA) is 69.1 Å². The predicted molar refractivity (Wildman–Crippen MR) is 139 cm³/mol. The first-order valence-corrected chi connectivity index (χ1v) is 11.2. The van der Waals surface area contributed by atoms with Gasteiger partial charge in [0.05, 0.1) is 12.6 Å². The molecule has 0 amide bonds. The summed E-state index contributed by atoms with van der Waals surface area (Å²) in [6, 6.07) is 8.41. The molecule has 2 atom stereocenters. The SMILES string of the molecule is CN=C(NCCN1CCN(c2ncccn2)CC1)N1CC(C)OC(c2ccc(F)cc2)C1.I. The number of rotatable bonds is 5. The summed E-state index contributed by atoms with van der Waals surface area (Å²) in [5.74, 6) is 1.45. The van der Waals surface area contributed by atoms with Crippen LogP contribution in [0, 0.1) is 5.82 Å². The molecule has 33 heavy (non-hydrogen) atoms. The first-order chi connectivity index (χ1) is 15.6. The van der Waals surface area contributed by atoms with Crippen molar-refractivity contribution in [2.75, 3.05) is 64.3 Å².